The normalized spacial score (nSPS) is 16.9. The van der Waals surface area contributed by atoms with Gasteiger partial charge in [0.05, 0.1) is 25.0 Å². The second-order valence-corrected chi connectivity index (χ2v) is 5.58. The Balaban J connectivity index is 2.12. The van der Waals surface area contributed by atoms with Crippen molar-refractivity contribution in [2.45, 2.75) is 26.3 Å². The molecular formula is C11H16BrN3O2. The molecule has 0 radical (unpaired) electrons. The van der Waals surface area contributed by atoms with Crippen LogP contribution in [0.15, 0.2) is 15.5 Å². The highest BCUT2D eigenvalue weighted by atomic mass is 79.9. The fourth-order valence-corrected chi connectivity index (χ4v) is 1.99. The first-order chi connectivity index (χ1) is 8.06. The number of aromatic nitrogens is 2. The van der Waals surface area contributed by atoms with Crippen LogP contribution in [0.4, 0.5) is 5.69 Å². The largest absolute Gasteiger partial charge is 0.394 e. The highest BCUT2D eigenvalue weighted by molar-refractivity contribution is 9.10. The average Bonchev–Trinajstić information content (AvgIpc) is 3.03. The summed E-state index contributed by atoms with van der Waals surface area (Å²) in [6.45, 7) is 3.20. The molecule has 94 valence electrons. The zero-order chi connectivity index (χ0) is 12.5. The van der Waals surface area contributed by atoms with Gasteiger partial charge in [-0.15, -0.1) is 0 Å². The molecule has 2 N–H and O–H groups in total. The smallest absolute Gasteiger partial charge is 0.283 e. The molecule has 1 aliphatic carbocycles. The van der Waals surface area contributed by atoms with Crippen molar-refractivity contribution in [1.29, 1.82) is 0 Å². The van der Waals surface area contributed by atoms with Gasteiger partial charge in [-0.05, 0) is 34.2 Å². The molecule has 1 aromatic rings. The molecule has 17 heavy (non-hydrogen) atoms. The Hall–Kier alpha value is -0.880. The predicted molar refractivity (Wildman–Crippen MR) is 69.1 cm³/mol. The third-order valence-corrected chi connectivity index (χ3v) is 3.87. The SMILES string of the molecule is CC1(CNc2cnn(CCO)c(=O)c2Br)CC1. The number of hydrogen-bond acceptors (Lipinski definition) is 4. The van der Waals surface area contributed by atoms with E-state index in [9.17, 15) is 4.79 Å². The number of rotatable bonds is 5. The first-order valence-electron chi connectivity index (χ1n) is 5.66. The molecule has 0 amide bonds. The molecule has 1 aliphatic rings. The summed E-state index contributed by atoms with van der Waals surface area (Å²) in [5.41, 5.74) is 0.877. The van der Waals surface area contributed by atoms with Crippen molar-refractivity contribution < 1.29 is 5.11 Å². The van der Waals surface area contributed by atoms with E-state index in [2.05, 4.69) is 33.3 Å². The molecule has 5 nitrogen and oxygen atoms in total. The highest BCUT2D eigenvalue weighted by Crippen LogP contribution is 2.44. The van der Waals surface area contributed by atoms with Crippen LogP contribution in [0.25, 0.3) is 0 Å². The minimum atomic E-state index is -0.218. The van der Waals surface area contributed by atoms with Crippen LogP contribution >= 0.6 is 15.9 Å². The van der Waals surface area contributed by atoms with Crippen LogP contribution in [0.1, 0.15) is 19.8 Å². The lowest BCUT2D eigenvalue weighted by atomic mass is 10.1. The summed E-state index contributed by atoms with van der Waals surface area (Å²) in [5.74, 6) is 0. The number of aliphatic hydroxyl groups excluding tert-OH is 1. The van der Waals surface area contributed by atoms with Gasteiger partial charge < -0.3 is 10.4 Å². The summed E-state index contributed by atoms with van der Waals surface area (Å²) in [4.78, 5) is 11.8. The van der Waals surface area contributed by atoms with E-state index < -0.39 is 0 Å². The molecule has 0 aromatic carbocycles. The first-order valence-corrected chi connectivity index (χ1v) is 6.45. The van der Waals surface area contributed by atoms with Gasteiger partial charge in [-0.1, -0.05) is 6.92 Å². The maximum absolute atomic E-state index is 11.8. The third kappa shape index (κ3) is 2.87. The molecule has 0 saturated heterocycles. The molecule has 0 spiro atoms. The summed E-state index contributed by atoms with van der Waals surface area (Å²) in [5, 5.41) is 16.0. The standard InChI is InChI=1S/C11H16BrN3O2/c1-11(2-3-11)7-13-8-6-14-15(4-5-16)10(17)9(8)12/h6,13,16H,2-5,7H2,1H3. The van der Waals surface area contributed by atoms with E-state index in [1.807, 2.05) is 0 Å². The Labute approximate surface area is 108 Å². The molecular weight excluding hydrogens is 286 g/mol. The van der Waals surface area contributed by atoms with E-state index in [4.69, 9.17) is 5.11 Å². The lowest BCUT2D eigenvalue weighted by Gasteiger charge is -2.13. The zero-order valence-corrected chi connectivity index (χ0v) is 11.3. The monoisotopic (exact) mass is 301 g/mol. The molecule has 2 rings (SSSR count). The third-order valence-electron chi connectivity index (χ3n) is 3.11. The number of anilines is 1. The van der Waals surface area contributed by atoms with Crippen LogP contribution in [0, 0.1) is 5.41 Å². The maximum atomic E-state index is 11.8. The van der Waals surface area contributed by atoms with E-state index >= 15 is 0 Å². The minimum absolute atomic E-state index is 0.0931. The molecule has 1 saturated carbocycles. The number of nitrogens with zero attached hydrogens (tertiary/aromatic N) is 2. The Morgan fingerprint density at radius 1 is 1.65 bits per heavy atom. The fourth-order valence-electron chi connectivity index (χ4n) is 1.54. The number of halogens is 1. The molecule has 1 heterocycles. The van der Waals surface area contributed by atoms with Crippen molar-refractivity contribution in [2.75, 3.05) is 18.5 Å². The Kier molecular flexibility index (Phi) is 3.53. The second-order valence-electron chi connectivity index (χ2n) is 4.79. The van der Waals surface area contributed by atoms with E-state index in [0.717, 1.165) is 12.2 Å². The van der Waals surface area contributed by atoms with Crippen LogP contribution < -0.4 is 10.9 Å². The van der Waals surface area contributed by atoms with Crippen molar-refractivity contribution >= 4 is 21.6 Å². The fraction of sp³-hybridized carbons (Fsp3) is 0.636. The first kappa shape index (κ1) is 12.6. The van der Waals surface area contributed by atoms with Gasteiger partial charge in [0.15, 0.2) is 0 Å². The van der Waals surface area contributed by atoms with Gasteiger partial charge >= 0.3 is 0 Å². The van der Waals surface area contributed by atoms with Crippen molar-refractivity contribution in [2.24, 2.45) is 5.41 Å². The highest BCUT2D eigenvalue weighted by Gasteiger charge is 2.36. The number of nitrogens with one attached hydrogen (secondary N) is 1. The lowest BCUT2D eigenvalue weighted by molar-refractivity contribution is 0.266. The van der Waals surface area contributed by atoms with E-state index in [-0.39, 0.29) is 18.7 Å². The molecule has 0 atom stereocenters. The average molecular weight is 302 g/mol. The van der Waals surface area contributed by atoms with Crippen LogP contribution in [0.3, 0.4) is 0 Å². The molecule has 0 bridgehead atoms. The quantitative estimate of drug-likeness (QED) is 0.858. The van der Waals surface area contributed by atoms with Crippen LogP contribution in [0.5, 0.6) is 0 Å². The van der Waals surface area contributed by atoms with E-state index in [1.165, 1.54) is 17.5 Å². The summed E-state index contributed by atoms with van der Waals surface area (Å²) < 4.78 is 1.72. The Morgan fingerprint density at radius 3 is 2.94 bits per heavy atom. The number of hydrogen-bond donors (Lipinski definition) is 2. The minimum Gasteiger partial charge on any atom is -0.394 e. The van der Waals surface area contributed by atoms with Gasteiger partial charge in [-0.3, -0.25) is 4.79 Å². The maximum Gasteiger partial charge on any atom is 0.283 e. The zero-order valence-electron chi connectivity index (χ0n) is 9.74. The van der Waals surface area contributed by atoms with Crippen LogP contribution in [-0.2, 0) is 6.54 Å². The molecule has 1 fully saturated rings. The molecule has 6 heteroatoms. The topological polar surface area (TPSA) is 67.2 Å². The molecule has 1 aromatic heterocycles. The summed E-state index contributed by atoms with van der Waals surface area (Å²) in [7, 11) is 0. The van der Waals surface area contributed by atoms with Gasteiger partial charge in [0, 0.05) is 6.54 Å². The van der Waals surface area contributed by atoms with E-state index in [1.54, 1.807) is 6.20 Å². The Morgan fingerprint density at radius 2 is 2.35 bits per heavy atom. The van der Waals surface area contributed by atoms with Crippen molar-refractivity contribution in [3.8, 4) is 0 Å². The number of aliphatic hydroxyl groups is 1. The van der Waals surface area contributed by atoms with Gasteiger partial charge in [0.1, 0.15) is 4.47 Å². The predicted octanol–water partition coefficient (Wildman–Crippen LogP) is 1.21. The van der Waals surface area contributed by atoms with Crippen molar-refractivity contribution in [3.63, 3.8) is 0 Å². The molecule has 0 aliphatic heterocycles. The van der Waals surface area contributed by atoms with Crippen LogP contribution in [0.2, 0.25) is 0 Å². The van der Waals surface area contributed by atoms with Gasteiger partial charge in [-0.2, -0.15) is 5.10 Å². The summed E-state index contributed by atoms with van der Waals surface area (Å²) >= 11 is 3.27. The summed E-state index contributed by atoms with van der Waals surface area (Å²) in [6, 6.07) is 0. The van der Waals surface area contributed by atoms with Gasteiger partial charge in [0.2, 0.25) is 0 Å². The van der Waals surface area contributed by atoms with Crippen molar-refractivity contribution in [3.05, 3.63) is 21.0 Å². The lowest BCUT2D eigenvalue weighted by Crippen LogP contribution is -2.26. The van der Waals surface area contributed by atoms with Crippen molar-refractivity contribution in [1.82, 2.24) is 9.78 Å². The molecule has 0 unspecified atom stereocenters. The van der Waals surface area contributed by atoms with Crippen LogP contribution in [-0.4, -0.2) is 28.0 Å². The van der Waals surface area contributed by atoms with E-state index in [0.29, 0.717) is 9.89 Å². The second kappa shape index (κ2) is 4.78. The van der Waals surface area contributed by atoms with Gasteiger partial charge in [0.25, 0.3) is 5.56 Å². The van der Waals surface area contributed by atoms with Gasteiger partial charge in [-0.25, -0.2) is 4.68 Å². The Bertz CT molecular complexity index is 468. The summed E-state index contributed by atoms with van der Waals surface area (Å²) in [6.07, 6.45) is 4.08.